The monoisotopic (exact) mass is 232 g/mol. The Hall–Kier alpha value is -1.77. The van der Waals surface area contributed by atoms with Gasteiger partial charge in [-0.3, -0.25) is 4.79 Å². The molecule has 0 saturated heterocycles. The van der Waals surface area contributed by atoms with E-state index in [0.717, 1.165) is 16.8 Å². The quantitative estimate of drug-likeness (QED) is 0.819. The number of rotatable bonds is 2. The third kappa shape index (κ3) is 3.94. The van der Waals surface area contributed by atoms with Gasteiger partial charge in [0.15, 0.2) is 0 Å². The molecule has 0 aliphatic carbocycles. The Morgan fingerprint density at radius 2 is 1.94 bits per heavy atom. The smallest absolute Gasteiger partial charge is 0.265 e. The van der Waals surface area contributed by atoms with Gasteiger partial charge in [-0.1, -0.05) is 45.4 Å². The molecule has 0 saturated carbocycles. The Morgan fingerprint density at radius 1 is 1.35 bits per heavy atom. The zero-order chi connectivity index (χ0) is 12.8. The first-order chi connectivity index (χ1) is 8.04. The number of hydrogen-bond acceptors (Lipinski definition) is 1. The molecule has 92 valence electrons. The van der Waals surface area contributed by atoms with Gasteiger partial charge in [0, 0.05) is 10.9 Å². The van der Waals surface area contributed by atoms with Crippen molar-refractivity contribution in [3.63, 3.8) is 0 Å². The van der Waals surface area contributed by atoms with E-state index in [0.29, 0.717) is 5.69 Å². The molecular formula is C14H20N2O. The second-order valence-electron chi connectivity index (χ2n) is 4.44. The van der Waals surface area contributed by atoms with E-state index in [2.05, 4.69) is 25.8 Å². The van der Waals surface area contributed by atoms with Crippen molar-refractivity contribution in [2.24, 2.45) is 11.7 Å². The number of H-pyrrole nitrogens is 1. The average molecular weight is 232 g/mol. The molecule has 1 amide bonds. The molecule has 0 spiro atoms. The lowest BCUT2D eigenvalue weighted by molar-refractivity contribution is 0.0996. The Kier molecular flexibility index (Phi) is 4.76. The van der Waals surface area contributed by atoms with Crippen LogP contribution in [-0.4, -0.2) is 10.9 Å². The molecule has 0 fully saturated rings. The van der Waals surface area contributed by atoms with E-state index < -0.39 is 5.91 Å². The van der Waals surface area contributed by atoms with Crippen molar-refractivity contribution in [1.29, 1.82) is 0 Å². The number of nitrogens with two attached hydrogens (primary N) is 1. The Labute approximate surface area is 102 Å². The zero-order valence-corrected chi connectivity index (χ0v) is 10.7. The summed E-state index contributed by atoms with van der Waals surface area (Å²) < 4.78 is 0. The maximum Gasteiger partial charge on any atom is 0.265 e. The second-order valence-corrected chi connectivity index (χ2v) is 4.44. The molecule has 3 nitrogen and oxygen atoms in total. The van der Waals surface area contributed by atoms with E-state index in [-0.39, 0.29) is 0 Å². The number of hydrogen-bond donors (Lipinski definition) is 2. The molecule has 0 unspecified atom stereocenters. The van der Waals surface area contributed by atoms with Crippen LogP contribution in [0.2, 0.25) is 0 Å². The SMILES string of the molecule is CCC(C)C.NC(=O)c1cc2ccccc2[nH]1. The number of carbonyl (C=O) groups excluding carboxylic acids is 1. The highest BCUT2D eigenvalue weighted by Gasteiger charge is 2.03. The van der Waals surface area contributed by atoms with E-state index in [1.54, 1.807) is 6.07 Å². The first kappa shape index (κ1) is 13.3. The standard InChI is InChI=1S/C9H8N2O.C5H12/c10-9(12)8-5-6-3-1-2-4-7(6)11-8;1-4-5(2)3/h1-5,11H,(H2,10,12);5H,4H2,1-3H3. The van der Waals surface area contributed by atoms with Crippen molar-refractivity contribution in [3.8, 4) is 0 Å². The van der Waals surface area contributed by atoms with Crippen LogP contribution in [-0.2, 0) is 0 Å². The number of para-hydroxylation sites is 1. The summed E-state index contributed by atoms with van der Waals surface area (Å²) in [6.45, 7) is 6.64. The van der Waals surface area contributed by atoms with Crippen LogP contribution in [0.5, 0.6) is 0 Å². The number of amides is 1. The number of carbonyl (C=O) groups is 1. The summed E-state index contributed by atoms with van der Waals surface area (Å²) in [7, 11) is 0. The average Bonchev–Trinajstić information content (AvgIpc) is 2.73. The van der Waals surface area contributed by atoms with Crippen LogP contribution in [0, 0.1) is 5.92 Å². The first-order valence-electron chi connectivity index (χ1n) is 5.92. The van der Waals surface area contributed by atoms with Crippen LogP contribution in [0.25, 0.3) is 10.9 Å². The van der Waals surface area contributed by atoms with Gasteiger partial charge in [0.25, 0.3) is 5.91 Å². The predicted molar refractivity (Wildman–Crippen MR) is 71.9 cm³/mol. The molecule has 2 aromatic rings. The lowest BCUT2D eigenvalue weighted by atomic mass is 10.2. The summed E-state index contributed by atoms with van der Waals surface area (Å²) in [5.41, 5.74) is 6.50. The van der Waals surface area contributed by atoms with Crippen LogP contribution >= 0.6 is 0 Å². The fourth-order valence-electron chi connectivity index (χ4n) is 1.21. The zero-order valence-electron chi connectivity index (χ0n) is 10.7. The van der Waals surface area contributed by atoms with Crippen molar-refractivity contribution >= 4 is 16.8 Å². The Bertz CT molecular complexity index is 453. The van der Waals surface area contributed by atoms with E-state index in [1.165, 1.54) is 6.42 Å². The van der Waals surface area contributed by atoms with Crippen LogP contribution in [0.1, 0.15) is 37.7 Å². The highest BCUT2D eigenvalue weighted by Crippen LogP contribution is 2.13. The van der Waals surface area contributed by atoms with E-state index in [1.807, 2.05) is 24.3 Å². The van der Waals surface area contributed by atoms with Crippen LogP contribution in [0.3, 0.4) is 0 Å². The van der Waals surface area contributed by atoms with E-state index >= 15 is 0 Å². The molecule has 0 aliphatic heterocycles. The topological polar surface area (TPSA) is 58.9 Å². The van der Waals surface area contributed by atoms with E-state index in [9.17, 15) is 4.79 Å². The van der Waals surface area contributed by atoms with Gasteiger partial charge >= 0.3 is 0 Å². The molecule has 0 radical (unpaired) electrons. The van der Waals surface area contributed by atoms with E-state index in [4.69, 9.17) is 5.73 Å². The molecule has 2 rings (SSSR count). The highest BCUT2D eigenvalue weighted by atomic mass is 16.1. The maximum atomic E-state index is 10.8. The molecule has 1 aromatic heterocycles. The number of nitrogens with one attached hydrogen (secondary N) is 1. The second kappa shape index (κ2) is 6.09. The molecule has 3 heteroatoms. The van der Waals surface area contributed by atoms with Gasteiger partial charge in [-0.25, -0.2) is 0 Å². The van der Waals surface area contributed by atoms with Crippen molar-refractivity contribution in [3.05, 3.63) is 36.0 Å². The molecule has 17 heavy (non-hydrogen) atoms. The van der Waals surface area contributed by atoms with Crippen LogP contribution < -0.4 is 5.73 Å². The summed E-state index contributed by atoms with van der Waals surface area (Å²) in [5, 5.41) is 1.01. The summed E-state index contributed by atoms with van der Waals surface area (Å²) >= 11 is 0. The summed E-state index contributed by atoms with van der Waals surface area (Å²) in [4.78, 5) is 13.7. The Balaban J connectivity index is 0.000000249. The molecule has 1 heterocycles. The third-order valence-electron chi connectivity index (χ3n) is 2.61. The van der Waals surface area contributed by atoms with Gasteiger partial charge in [0.1, 0.15) is 5.69 Å². The molecule has 0 atom stereocenters. The molecule has 0 bridgehead atoms. The van der Waals surface area contributed by atoms with Crippen molar-refractivity contribution in [1.82, 2.24) is 4.98 Å². The lowest BCUT2D eigenvalue weighted by Gasteiger charge is -1.90. The lowest BCUT2D eigenvalue weighted by Crippen LogP contribution is -2.10. The number of fused-ring (bicyclic) bond motifs is 1. The van der Waals surface area contributed by atoms with Gasteiger partial charge in [-0.15, -0.1) is 0 Å². The number of aromatic amines is 1. The van der Waals surface area contributed by atoms with Gasteiger partial charge < -0.3 is 10.7 Å². The minimum Gasteiger partial charge on any atom is -0.364 e. The molecule has 1 aromatic carbocycles. The highest BCUT2D eigenvalue weighted by molar-refractivity contribution is 5.96. The van der Waals surface area contributed by atoms with Gasteiger partial charge in [-0.05, 0) is 18.1 Å². The largest absolute Gasteiger partial charge is 0.364 e. The third-order valence-corrected chi connectivity index (χ3v) is 2.61. The molecule has 0 aliphatic rings. The predicted octanol–water partition coefficient (Wildman–Crippen LogP) is 3.32. The first-order valence-corrected chi connectivity index (χ1v) is 5.92. The van der Waals surface area contributed by atoms with Gasteiger partial charge in [-0.2, -0.15) is 0 Å². The molecular weight excluding hydrogens is 212 g/mol. The fraction of sp³-hybridized carbons (Fsp3) is 0.357. The van der Waals surface area contributed by atoms with Gasteiger partial charge in [0.05, 0.1) is 0 Å². The summed E-state index contributed by atoms with van der Waals surface area (Å²) in [5.74, 6) is 0.459. The van der Waals surface area contributed by atoms with Crippen LogP contribution in [0.4, 0.5) is 0 Å². The van der Waals surface area contributed by atoms with Gasteiger partial charge in [0.2, 0.25) is 0 Å². The van der Waals surface area contributed by atoms with Crippen molar-refractivity contribution in [2.45, 2.75) is 27.2 Å². The number of benzene rings is 1. The van der Waals surface area contributed by atoms with Crippen LogP contribution in [0.15, 0.2) is 30.3 Å². The van der Waals surface area contributed by atoms with Crippen molar-refractivity contribution in [2.75, 3.05) is 0 Å². The fourth-order valence-corrected chi connectivity index (χ4v) is 1.21. The van der Waals surface area contributed by atoms with Crippen molar-refractivity contribution < 1.29 is 4.79 Å². The normalized spacial score (nSPS) is 10.1. The number of aromatic nitrogens is 1. The Morgan fingerprint density at radius 3 is 2.41 bits per heavy atom. The summed E-state index contributed by atoms with van der Waals surface area (Å²) in [6, 6.07) is 9.41. The maximum absolute atomic E-state index is 10.8. The minimum atomic E-state index is -0.425. The minimum absolute atomic E-state index is 0.425. The number of primary amides is 1. The molecule has 3 N–H and O–H groups in total. The summed E-state index contributed by atoms with van der Waals surface area (Å²) in [6.07, 6.45) is 1.31.